The smallest absolute Gasteiger partial charge is 0.348 e. The Morgan fingerprint density at radius 1 is 1.16 bits per heavy atom. The van der Waals surface area contributed by atoms with Crippen LogP contribution in [0, 0.1) is 28.6 Å². The van der Waals surface area contributed by atoms with Crippen LogP contribution in [-0.2, 0) is 38.1 Å². The number of carbonyl (C=O) groups excluding carboxylic acids is 4. The molecule has 0 aromatic rings. The second-order valence-electron chi connectivity index (χ2n) is 11.5. The molecule has 0 radical (unpaired) electrons. The summed E-state index contributed by atoms with van der Waals surface area (Å²) in [4.78, 5) is 52.2. The molecule has 2 aliphatic heterocycles. The van der Waals surface area contributed by atoms with E-state index >= 15 is 0 Å². The average molecular weight is 521 g/mol. The van der Waals surface area contributed by atoms with E-state index < -0.39 is 82.3 Å². The Labute approximate surface area is 213 Å². The fraction of sp³-hybridized carbons (Fsp3) is 0.692. The van der Waals surface area contributed by atoms with Crippen molar-refractivity contribution in [2.24, 2.45) is 28.6 Å². The number of allylic oxidation sites excluding steroid dienone is 3. The van der Waals surface area contributed by atoms with Crippen molar-refractivity contribution in [3.05, 3.63) is 23.0 Å². The maximum Gasteiger partial charge on any atom is 0.348 e. The van der Waals surface area contributed by atoms with Crippen LogP contribution in [0.25, 0.3) is 0 Å². The largest absolute Gasteiger partial charge is 0.504 e. The quantitative estimate of drug-likeness (QED) is 0.270. The molecule has 1 spiro atoms. The molecular formula is C26H32O11. The van der Waals surface area contributed by atoms with Crippen molar-refractivity contribution in [2.75, 3.05) is 13.7 Å². The molecule has 2 heterocycles. The van der Waals surface area contributed by atoms with Gasteiger partial charge in [-0.2, -0.15) is 0 Å². The van der Waals surface area contributed by atoms with Gasteiger partial charge in [0.15, 0.2) is 11.5 Å². The fourth-order valence-electron chi connectivity index (χ4n) is 8.25. The van der Waals surface area contributed by atoms with E-state index in [9.17, 15) is 34.5 Å². The molecule has 37 heavy (non-hydrogen) atoms. The monoisotopic (exact) mass is 520 g/mol. The van der Waals surface area contributed by atoms with Crippen LogP contribution in [0.5, 0.6) is 0 Å². The molecule has 10 atom stereocenters. The van der Waals surface area contributed by atoms with Crippen molar-refractivity contribution in [1.82, 2.24) is 0 Å². The van der Waals surface area contributed by atoms with E-state index in [1.807, 2.05) is 0 Å². The first-order valence-electron chi connectivity index (χ1n) is 12.3. The number of Topliss-reactive ketones (excluding diaryl/α,β-unsaturated/α-hetero) is 1. The van der Waals surface area contributed by atoms with Crippen molar-refractivity contribution in [1.29, 1.82) is 0 Å². The molecule has 2 saturated heterocycles. The van der Waals surface area contributed by atoms with Crippen molar-refractivity contribution < 1.29 is 53.4 Å². The fourth-order valence-corrected chi connectivity index (χ4v) is 8.25. The summed E-state index contributed by atoms with van der Waals surface area (Å²) in [5.74, 6) is -6.30. The van der Waals surface area contributed by atoms with E-state index in [4.69, 9.17) is 18.9 Å². The average Bonchev–Trinajstić information content (AvgIpc) is 3.12. The number of ether oxygens (including phenoxy) is 4. The lowest BCUT2D eigenvalue weighted by Gasteiger charge is -2.67. The molecule has 0 aromatic heterocycles. The Kier molecular flexibility index (Phi) is 5.68. The zero-order chi connectivity index (χ0) is 27.2. The third kappa shape index (κ3) is 3.04. The van der Waals surface area contributed by atoms with Gasteiger partial charge in [-0.1, -0.05) is 12.5 Å². The van der Waals surface area contributed by atoms with Gasteiger partial charge in [0.05, 0.1) is 25.7 Å². The SMILES string of the molecule is COC(=O)C12OCC34C([C@@H](O)[C@@H]1O)[C@@]1(C)CC(=O)C(O)=C(C)[C@@H]1C[C@H]3OC(=O)[C@H](OC(=O)C=C(C)C)[C@@H]24. The molecule has 5 aliphatic rings. The number of methoxy groups -OCH3 is 1. The zero-order valence-corrected chi connectivity index (χ0v) is 21.3. The molecule has 2 saturated carbocycles. The third-order valence-corrected chi connectivity index (χ3v) is 9.49. The number of hydrogen-bond acceptors (Lipinski definition) is 11. The second kappa shape index (κ2) is 8.12. The molecule has 3 unspecified atom stereocenters. The number of ketones is 1. The van der Waals surface area contributed by atoms with Crippen LogP contribution in [0.1, 0.15) is 40.5 Å². The summed E-state index contributed by atoms with van der Waals surface area (Å²) in [6, 6.07) is 0. The minimum atomic E-state index is -2.22. The highest BCUT2D eigenvalue weighted by atomic mass is 16.6. The van der Waals surface area contributed by atoms with Crippen LogP contribution in [0.15, 0.2) is 23.0 Å². The summed E-state index contributed by atoms with van der Waals surface area (Å²) in [5, 5.41) is 33.6. The standard InChI is InChI=1S/C26H32O11/c1-10(2)6-15(28)37-18-20-25-9-35-26(20,23(33)34-5)21(31)17(30)19(25)24(4)8-13(27)16(29)11(3)12(24)7-14(25)36-22(18)32/h6,12,14,17-21,29-31H,7-9H2,1-5H3/t12-,14+,17+,18+,19?,20+,21-,24-,25?,26?/m0/s1. The molecular weight excluding hydrogens is 488 g/mol. The molecule has 4 fully saturated rings. The number of rotatable bonds is 3. The van der Waals surface area contributed by atoms with Gasteiger partial charge in [0.2, 0.25) is 11.7 Å². The van der Waals surface area contributed by atoms with Gasteiger partial charge >= 0.3 is 17.9 Å². The van der Waals surface area contributed by atoms with Gasteiger partial charge < -0.3 is 34.3 Å². The van der Waals surface area contributed by atoms with E-state index in [1.165, 1.54) is 6.08 Å². The van der Waals surface area contributed by atoms with Gasteiger partial charge in [-0.3, -0.25) is 4.79 Å². The maximum atomic E-state index is 13.4. The maximum absolute atomic E-state index is 13.4. The van der Waals surface area contributed by atoms with Crippen LogP contribution >= 0.6 is 0 Å². The van der Waals surface area contributed by atoms with Crippen LogP contribution in [-0.4, -0.2) is 82.7 Å². The lowest BCUT2D eigenvalue weighted by atomic mass is 9.38. The Balaban J connectivity index is 1.74. The number of fused-ring (bicyclic) bond motifs is 2. The summed E-state index contributed by atoms with van der Waals surface area (Å²) in [6.45, 7) is 6.53. The Hall–Kier alpha value is -2.76. The molecule has 202 valence electrons. The summed E-state index contributed by atoms with van der Waals surface area (Å²) in [7, 11) is 1.09. The molecule has 5 rings (SSSR count). The predicted molar refractivity (Wildman–Crippen MR) is 122 cm³/mol. The summed E-state index contributed by atoms with van der Waals surface area (Å²) in [5.41, 5.74) is -3.50. The van der Waals surface area contributed by atoms with E-state index in [2.05, 4.69) is 0 Å². The van der Waals surface area contributed by atoms with Gasteiger partial charge in [-0.15, -0.1) is 0 Å². The van der Waals surface area contributed by atoms with Crippen molar-refractivity contribution in [3.63, 3.8) is 0 Å². The first-order valence-corrected chi connectivity index (χ1v) is 12.3. The first kappa shape index (κ1) is 25.9. The molecule has 0 amide bonds. The van der Waals surface area contributed by atoms with Gasteiger partial charge in [-0.05, 0) is 44.1 Å². The minimum Gasteiger partial charge on any atom is -0.504 e. The summed E-state index contributed by atoms with van der Waals surface area (Å²) < 4.78 is 22.5. The van der Waals surface area contributed by atoms with Gasteiger partial charge in [0, 0.05) is 23.8 Å². The van der Waals surface area contributed by atoms with E-state index in [-0.39, 0.29) is 25.2 Å². The number of aliphatic hydroxyl groups excluding tert-OH is 3. The van der Waals surface area contributed by atoms with E-state index in [0.29, 0.717) is 11.1 Å². The molecule has 3 aliphatic carbocycles. The van der Waals surface area contributed by atoms with Crippen molar-refractivity contribution >= 4 is 23.7 Å². The normalized spacial score (nSPS) is 45.9. The van der Waals surface area contributed by atoms with Crippen molar-refractivity contribution in [3.8, 4) is 0 Å². The topological polar surface area (TPSA) is 166 Å². The van der Waals surface area contributed by atoms with Crippen LogP contribution in [0.3, 0.4) is 0 Å². The Morgan fingerprint density at radius 2 is 1.84 bits per heavy atom. The first-order chi connectivity index (χ1) is 17.3. The molecule has 11 heteroatoms. The van der Waals surface area contributed by atoms with Crippen molar-refractivity contribution in [2.45, 2.75) is 70.6 Å². The lowest BCUT2D eigenvalue weighted by molar-refractivity contribution is -0.290. The highest BCUT2D eigenvalue weighted by Crippen LogP contribution is 2.72. The van der Waals surface area contributed by atoms with Crippen LogP contribution in [0.2, 0.25) is 0 Å². The highest BCUT2D eigenvalue weighted by molar-refractivity contribution is 5.95. The Morgan fingerprint density at radius 3 is 2.46 bits per heavy atom. The van der Waals surface area contributed by atoms with Gasteiger partial charge in [-0.25, -0.2) is 14.4 Å². The van der Waals surface area contributed by atoms with Crippen LogP contribution in [0.4, 0.5) is 0 Å². The number of hydrogen-bond donors (Lipinski definition) is 3. The van der Waals surface area contributed by atoms with E-state index in [1.54, 1.807) is 27.7 Å². The molecule has 2 bridgehead atoms. The van der Waals surface area contributed by atoms with Gasteiger partial charge in [0.25, 0.3) is 0 Å². The zero-order valence-electron chi connectivity index (χ0n) is 21.3. The number of esters is 3. The predicted octanol–water partition coefficient (Wildman–Crippen LogP) is 0.517. The number of carbonyl (C=O) groups is 4. The van der Waals surface area contributed by atoms with Crippen LogP contribution < -0.4 is 0 Å². The third-order valence-electron chi connectivity index (χ3n) is 9.49. The van der Waals surface area contributed by atoms with E-state index in [0.717, 1.165) is 7.11 Å². The molecule has 0 aromatic carbocycles. The molecule has 3 N–H and O–H groups in total. The summed E-state index contributed by atoms with van der Waals surface area (Å²) in [6.07, 6.45) is -4.79. The highest BCUT2D eigenvalue weighted by Gasteiger charge is 2.85. The number of aliphatic hydroxyl groups is 3. The molecule has 11 nitrogen and oxygen atoms in total. The minimum absolute atomic E-state index is 0.141. The lowest BCUT2D eigenvalue weighted by Crippen LogP contribution is -2.79. The second-order valence-corrected chi connectivity index (χ2v) is 11.5. The van der Waals surface area contributed by atoms with Gasteiger partial charge in [0.1, 0.15) is 12.2 Å². The summed E-state index contributed by atoms with van der Waals surface area (Å²) >= 11 is 0. The Bertz CT molecular complexity index is 1150.